The molecule has 0 bridgehead atoms. The third-order valence-corrected chi connectivity index (χ3v) is 3.33. The molecule has 0 aliphatic rings. The topological polar surface area (TPSA) is 49.8 Å². The molecule has 108 valence electrons. The average molecular weight is 272 g/mol. The molecule has 1 aromatic carbocycles. The van der Waals surface area contributed by atoms with Gasteiger partial charge < -0.3 is 10.6 Å². The molecule has 2 N–H and O–H groups in total. The Balaban J connectivity index is 2.04. The molecule has 0 atom stereocenters. The van der Waals surface area contributed by atoms with Crippen LogP contribution in [0.3, 0.4) is 0 Å². The van der Waals surface area contributed by atoms with E-state index in [1.165, 1.54) is 19.3 Å². The Hall–Kier alpha value is -1.84. The van der Waals surface area contributed by atoms with Gasteiger partial charge in [0, 0.05) is 19.0 Å². The fourth-order valence-corrected chi connectivity index (χ4v) is 2.21. The van der Waals surface area contributed by atoms with Crippen LogP contribution in [0, 0.1) is 5.92 Å². The first-order chi connectivity index (χ1) is 9.70. The number of fused-ring (bicyclic) bond motifs is 1. The second-order valence-electron chi connectivity index (χ2n) is 5.48. The van der Waals surface area contributed by atoms with Crippen molar-refractivity contribution in [3.8, 4) is 0 Å². The van der Waals surface area contributed by atoms with Gasteiger partial charge in [-0.15, -0.1) is 0 Å². The van der Waals surface area contributed by atoms with E-state index in [4.69, 9.17) is 0 Å². The number of rotatable bonds is 7. The Morgan fingerprint density at radius 2 is 1.90 bits per heavy atom. The smallest absolute Gasteiger partial charge is 0.224 e. The molecule has 20 heavy (non-hydrogen) atoms. The molecule has 0 aliphatic heterocycles. The van der Waals surface area contributed by atoms with Crippen LogP contribution in [0.5, 0.6) is 0 Å². The van der Waals surface area contributed by atoms with Gasteiger partial charge in [0.2, 0.25) is 5.95 Å². The fourth-order valence-electron chi connectivity index (χ4n) is 2.21. The normalized spacial score (nSPS) is 11.0. The number of anilines is 2. The lowest BCUT2D eigenvalue weighted by Crippen LogP contribution is -2.07. The number of hydrogen-bond acceptors (Lipinski definition) is 4. The highest BCUT2D eigenvalue weighted by atomic mass is 15.1. The maximum Gasteiger partial charge on any atom is 0.224 e. The largest absolute Gasteiger partial charge is 0.369 e. The van der Waals surface area contributed by atoms with Crippen molar-refractivity contribution in [3.05, 3.63) is 24.3 Å². The van der Waals surface area contributed by atoms with Crippen LogP contribution in [0.2, 0.25) is 0 Å². The van der Waals surface area contributed by atoms with E-state index < -0.39 is 0 Å². The molecule has 4 nitrogen and oxygen atoms in total. The SMILES string of the molecule is CNc1nc(NCCCCC(C)C)c2ccccc2n1. The molecule has 1 aromatic heterocycles. The maximum atomic E-state index is 4.52. The second kappa shape index (κ2) is 7.08. The van der Waals surface area contributed by atoms with Crippen LogP contribution >= 0.6 is 0 Å². The summed E-state index contributed by atoms with van der Waals surface area (Å²) in [6.45, 7) is 5.49. The van der Waals surface area contributed by atoms with Gasteiger partial charge in [0.05, 0.1) is 5.52 Å². The molecule has 0 saturated heterocycles. The fraction of sp³-hybridized carbons (Fsp3) is 0.500. The molecule has 4 heteroatoms. The highest BCUT2D eigenvalue weighted by Gasteiger charge is 2.05. The van der Waals surface area contributed by atoms with Crippen LogP contribution in [-0.2, 0) is 0 Å². The summed E-state index contributed by atoms with van der Waals surface area (Å²) in [5.41, 5.74) is 0.969. The van der Waals surface area contributed by atoms with Crippen molar-refractivity contribution in [2.24, 2.45) is 5.92 Å². The predicted molar refractivity (Wildman–Crippen MR) is 86.3 cm³/mol. The Morgan fingerprint density at radius 1 is 1.10 bits per heavy atom. The summed E-state index contributed by atoms with van der Waals surface area (Å²) < 4.78 is 0. The Bertz CT molecular complexity index is 551. The van der Waals surface area contributed by atoms with Gasteiger partial charge in [-0.05, 0) is 24.5 Å². The van der Waals surface area contributed by atoms with Crippen molar-refractivity contribution < 1.29 is 0 Å². The zero-order valence-corrected chi connectivity index (χ0v) is 12.6. The predicted octanol–water partition coefficient (Wildman–Crippen LogP) is 3.91. The van der Waals surface area contributed by atoms with Gasteiger partial charge in [0.1, 0.15) is 5.82 Å². The summed E-state index contributed by atoms with van der Waals surface area (Å²) in [6.07, 6.45) is 3.71. The van der Waals surface area contributed by atoms with Crippen LogP contribution in [0.1, 0.15) is 33.1 Å². The summed E-state index contributed by atoms with van der Waals surface area (Å²) in [7, 11) is 1.84. The molecule has 0 amide bonds. The number of unbranched alkanes of at least 4 members (excludes halogenated alkanes) is 1. The highest BCUT2D eigenvalue weighted by molar-refractivity contribution is 5.89. The summed E-state index contributed by atoms with van der Waals surface area (Å²) in [6, 6.07) is 8.10. The van der Waals surface area contributed by atoms with E-state index in [1.807, 2.05) is 25.2 Å². The summed E-state index contributed by atoms with van der Waals surface area (Å²) in [5.74, 6) is 2.36. The molecule has 0 spiro atoms. The number of hydrogen-bond donors (Lipinski definition) is 2. The molecular formula is C16H24N4. The molecule has 2 aromatic rings. The van der Waals surface area contributed by atoms with Gasteiger partial charge in [-0.1, -0.05) is 38.8 Å². The van der Waals surface area contributed by atoms with E-state index in [0.717, 1.165) is 29.2 Å². The van der Waals surface area contributed by atoms with E-state index in [2.05, 4.69) is 40.5 Å². The number of aromatic nitrogens is 2. The Labute approximate surface area is 121 Å². The van der Waals surface area contributed by atoms with Crippen molar-refractivity contribution in [2.75, 3.05) is 24.2 Å². The molecule has 0 radical (unpaired) electrons. The second-order valence-corrected chi connectivity index (χ2v) is 5.48. The number of para-hydroxylation sites is 1. The first-order valence-electron chi connectivity index (χ1n) is 7.39. The lowest BCUT2D eigenvalue weighted by molar-refractivity contribution is 0.544. The number of benzene rings is 1. The minimum absolute atomic E-state index is 0.661. The van der Waals surface area contributed by atoms with Crippen LogP contribution < -0.4 is 10.6 Å². The summed E-state index contributed by atoms with van der Waals surface area (Å²) >= 11 is 0. The van der Waals surface area contributed by atoms with E-state index in [-0.39, 0.29) is 0 Å². The summed E-state index contributed by atoms with van der Waals surface area (Å²) in [5, 5.41) is 7.54. The lowest BCUT2D eigenvalue weighted by Gasteiger charge is -2.11. The third-order valence-electron chi connectivity index (χ3n) is 3.33. The van der Waals surface area contributed by atoms with Crippen molar-refractivity contribution >= 4 is 22.7 Å². The van der Waals surface area contributed by atoms with Gasteiger partial charge in [-0.25, -0.2) is 4.98 Å². The van der Waals surface area contributed by atoms with Gasteiger partial charge in [0.15, 0.2) is 0 Å². The van der Waals surface area contributed by atoms with Gasteiger partial charge in [-0.3, -0.25) is 0 Å². The van der Waals surface area contributed by atoms with Gasteiger partial charge >= 0.3 is 0 Å². The van der Waals surface area contributed by atoms with Crippen LogP contribution in [-0.4, -0.2) is 23.6 Å². The number of nitrogens with one attached hydrogen (secondary N) is 2. The Morgan fingerprint density at radius 3 is 2.65 bits per heavy atom. The highest BCUT2D eigenvalue weighted by Crippen LogP contribution is 2.21. The molecule has 1 heterocycles. The van der Waals surface area contributed by atoms with Crippen LogP contribution in [0.15, 0.2) is 24.3 Å². The monoisotopic (exact) mass is 272 g/mol. The molecule has 2 rings (SSSR count). The minimum Gasteiger partial charge on any atom is -0.369 e. The summed E-state index contributed by atoms with van der Waals surface area (Å²) in [4.78, 5) is 8.98. The van der Waals surface area contributed by atoms with Crippen LogP contribution in [0.25, 0.3) is 10.9 Å². The first kappa shape index (κ1) is 14.6. The lowest BCUT2D eigenvalue weighted by atomic mass is 10.1. The maximum absolute atomic E-state index is 4.52. The first-order valence-corrected chi connectivity index (χ1v) is 7.39. The van der Waals surface area contributed by atoms with E-state index >= 15 is 0 Å². The molecule has 0 fully saturated rings. The van der Waals surface area contributed by atoms with E-state index in [9.17, 15) is 0 Å². The Kier molecular flexibility index (Phi) is 5.16. The zero-order chi connectivity index (χ0) is 14.4. The van der Waals surface area contributed by atoms with Gasteiger partial charge in [-0.2, -0.15) is 4.98 Å². The zero-order valence-electron chi connectivity index (χ0n) is 12.6. The standard InChI is InChI=1S/C16H24N4/c1-12(2)8-6-7-11-18-15-13-9-4-5-10-14(13)19-16(17-3)20-15/h4-5,9-10,12H,6-8,11H2,1-3H3,(H2,17,18,19,20). The van der Waals surface area contributed by atoms with E-state index in [0.29, 0.717) is 5.95 Å². The van der Waals surface area contributed by atoms with Crippen molar-refractivity contribution in [3.63, 3.8) is 0 Å². The number of nitrogens with zero attached hydrogens (tertiary/aromatic N) is 2. The molecular weight excluding hydrogens is 248 g/mol. The molecule has 0 aliphatic carbocycles. The van der Waals surface area contributed by atoms with Gasteiger partial charge in [0.25, 0.3) is 0 Å². The molecule has 0 unspecified atom stereocenters. The average Bonchev–Trinajstić information content (AvgIpc) is 2.46. The van der Waals surface area contributed by atoms with Crippen molar-refractivity contribution in [1.82, 2.24) is 9.97 Å². The van der Waals surface area contributed by atoms with E-state index in [1.54, 1.807) is 0 Å². The van der Waals surface area contributed by atoms with Crippen molar-refractivity contribution in [2.45, 2.75) is 33.1 Å². The minimum atomic E-state index is 0.661. The third kappa shape index (κ3) is 3.83. The van der Waals surface area contributed by atoms with Crippen molar-refractivity contribution in [1.29, 1.82) is 0 Å². The van der Waals surface area contributed by atoms with Crippen LogP contribution in [0.4, 0.5) is 11.8 Å². The molecule has 0 saturated carbocycles. The quantitative estimate of drug-likeness (QED) is 0.750.